The Morgan fingerprint density at radius 2 is 1.23 bits per heavy atom. The van der Waals surface area contributed by atoms with E-state index >= 15 is 0 Å². The van der Waals surface area contributed by atoms with Gasteiger partial charge in [0.2, 0.25) is 0 Å². The predicted octanol–water partition coefficient (Wildman–Crippen LogP) is 4.89. The molecule has 2 aromatic heterocycles. The van der Waals surface area contributed by atoms with E-state index in [-0.39, 0.29) is 11.1 Å². The zero-order valence-corrected chi connectivity index (χ0v) is 16.8. The van der Waals surface area contributed by atoms with Crippen LogP contribution in [0.5, 0.6) is 0 Å². The van der Waals surface area contributed by atoms with Crippen LogP contribution in [-0.2, 0) is 0 Å². The molecule has 5 aromatic rings. The summed E-state index contributed by atoms with van der Waals surface area (Å²) >= 11 is 0. The van der Waals surface area contributed by atoms with Crippen molar-refractivity contribution in [3.63, 3.8) is 0 Å². The fourth-order valence-corrected chi connectivity index (χ4v) is 4.16. The third-order valence-electron chi connectivity index (χ3n) is 5.76. The molecular weight excluding hydrogens is 372 g/mol. The van der Waals surface area contributed by atoms with Crippen molar-refractivity contribution in [1.29, 1.82) is 0 Å². The highest BCUT2D eigenvalue weighted by atomic mass is 16.1. The van der Waals surface area contributed by atoms with Gasteiger partial charge in [-0.15, -0.1) is 0 Å². The van der Waals surface area contributed by atoms with E-state index in [1.54, 1.807) is 15.0 Å². The van der Waals surface area contributed by atoms with Gasteiger partial charge in [-0.05, 0) is 49.2 Å². The summed E-state index contributed by atoms with van der Waals surface area (Å²) in [6.07, 6.45) is 0. The summed E-state index contributed by atoms with van der Waals surface area (Å²) in [4.78, 5) is 27.2. The van der Waals surface area contributed by atoms with Gasteiger partial charge in [-0.2, -0.15) is 0 Å². The summed E-state index contributed by atoms with van der Waals surface area (Å²) in [5.74, 6) is 0. The zero-order valence-electron chi connectivity index (χ0n) is 16.8. The van der Waals surface area contributed by atoms with Crippen molar-refractivity contribution in [2.45, 2.75) is 13.8 Å². The van der Waals surface area contributed by atoms with Crippen LogP contribution in [0.1, 0.15) is 11.1 Å². The van der Waals surface area contributed by atoms with Gasteiger partial charge in [0.1, 0.15) is 5.65 Å². The zero-order chi connectivity index (χ0) is 20.8. The molecule has 0 radical (unpaired) electrons. The van der Waals surface area contributed by atoms with Gasteiger partial charge in [-0.25, -0.2) is 0 Å². The molecule has 0 amide bonds. The normalized spacial score (nSPS) is 11.3. The lowest BCUT2D eigenvalue weighted by Crippen LogP contribution is -2.29. The smallest absolute Gasteiger partial charge is 0.266 e. The van der Waals surface area contributed by atoms with E-state index in [0.29, 0.717) is 22.1 Å². The average molecular weight is 392 g/mol. The van der Waals surface area contributed by atoms with E-state index in [1.807, 2.05) is 92.7 Å². The predicted molar refractivity (Wildman–Crippen MR) is 122 cm³/mol. The van der Waals surface area contributed by atoms with Crippen LogP contribution in [0.15, 0.2) is 94.5 Å². The monoisotopic (exact) mass is 392 g/mol. The summed E-state index contributed by atoms with van der Waals surface area (Å²) in [5, 5.41) is 0.512. The maximum Gasteiger partial charge on any atom is 0.266 e. The van der Waals surface area contributed by atoms with Crippen molar-refractivity contribution >= 4 is 16.6 Å². The van der Waals surface area contributed by atoms with Crippen molar-refractivity contribution in [2.24, 2.45) is 0 Å². The summed E-state index contributed by atoms with van der Waals surface area (Å²) in [6, 6.07) is 26.7. The second-order valence-corrected chi connectivity index (χ2v) is 7.45. The molecule has 0 bridgehead atoms. The van der Waals surface area contributed by atoms with Crippen LogP contribution >= 0.6 is 0 Å². The molecule has 0 unspecified atom stereocenters. The quantitative estimate of drug-likeness (QED) is 0.402. The molecule has 0 fully saturated rings. The molecule has 0 aliphatic carbocycles. The first-order valence-corrected chi connectivity index (χ1v) is 9.90. The van der Waals surface area contributed by atoms with Gasteiger partial charge in [-0.1, -0.05) is 60.7 Å². The highest BCUT2D eigenvalue weighted by Gasteiger charge is 2.21. The highest BCUT2D eigenvalue weighted by Crippen LogP contribution is 2.31. The Morgan fingerprint density at radius 1 is 0.633 bits per heavy atom. The third kappa shape index (κ3) is 2.54. The van der Waals surface area contributed by atoms with Crippen molar-refractivity contribution in [1.82, 2.24) is 8.97 Å². The molecule has 2 heterocycles. The topological polar surface area (TPSA) is 43.5 Å². The van der Waals surface area contributed by atoms with E-state index < -0.39 is 0 Å². The van der Waals surface area contributed by atoms with E-state index in [1.165, 1.54) is 0 Å². The minimum absolute atomic E-state index is 0.108. The number of aromatic nitrogens is 2. The lowest BCUT2D eigenvalue weighted by Gasteiger charge is -2.20. The van der Waals surface area contributed by atoms with Crippen LogP contribution in [0.25, 0.3) is 33.4 Å². The number of para-hydroxylation sites is 2. The number of hydrogen-bond donors (Lipinski definition) is 0. The highest BCUT2D eigenvalue weighted by molar-refractivity contribution is 5.89. The molecule has 3 aromatic carbocycles. The van der Waals surface area contributed by atoms with Gasteiger partial charge >= 0.3 is 0 Å². The van der Waals surface area contributed by atoms with Crippen LogP contribution in [-0.4, -0.2) is 8.97 Å². The molecule has 0 saturated heterocycles. The van der Waals surface area contributed by atoms with E-state index in [0.717, 1.165) is 22.4 Å². The van der Waals surface area contributed by atoms with Gasteiger partial charge in [-0.3, -0.25) is 18.6 Å². The number of rotatable bonds is 2. The van der Waals surface area contributed by atoms with Crippen LogP contribution in [0.3, 0.4) is 0 Å². The maximum atomic E-state index is 13.7. The summed E-state index contributed by atoms with van der Waals surface area (Å²) in [7, 11) is 0. The van der Waals surface area contributed by atoms with Crippen molar-refractivity contribution in [2.75, 3.05) is 0 Å². The van der Waals surface area contributed by atoms with Crippen molar-refractivity contribution < 1.29 is 0 Å². The summed E-state index contributed by atoms with van der Waals surface area (Å²) in [6.45, 7) is 3.80. The minimum atomic E-state index is -0.142. The number of benzene rings is 3. The third-order valence-corrected chi connectivity index (χ3v) is 5.76. The van der Waals surface area contributed by atoms with Crippen molar-refractivity contribution in [3.05, 3.63) is 117 Å². The van der Waals surface area contributed by atoms with Crippen LogP contribution in [0, 0.1) is 13.8 Å². The largest absolute Gasteiger partial charge is 0.269 e. The first kappa shape index (κ1) is 18.1. The molecule has 0 spiro atoms. The standard InChI is InChI=1S/C26H20N2O2/c1-17-18(2)25(29)28-22-16-10-9-15-21(22)26(30)27(20-13-7-4-8-14-20)24(28)23(17)19-11-5-3-6-12-19/h3-16H,1-2H3. The van der Waals surface area contributed by atoms with E-state index in [4.69, 9.17) is 0 Å². The molecule has 146 valence electrons. The van der Waals surface area contributed by atoms with Crippen LogP contribution in [0.2, 0.25) is 0 Å². The first-order chi connectivity index (χ1) is 14.6. The van der Waals surface area contributed by atoms with Crippen molar-refractivity contribution in [3.8, 4) is 16.8 Å². The summed E-state index contributed by atoms with van der Waals surface area (Å²) in [5.41, 5.74) is 5.10. The molecular formula is C26H20N2O2. The SMILES string of the molecule is Cc1c(C)c(=O)n2c3ccccc3c(=O)n(-c3ccccc3)c2c1-c1ccccc1. The molecule has 0 aliphatic heterocycles. The fraction of sp³-hybridized carbons (Fsp3) is 0.0769. The Balaban J connectivity index is 2.17. The number of fused-ring (bicyclic) bond motifs is 3. The summed E-state index contributed by atoms with van der Waals surface area (Å²) < 4.78 is 3.35. The molecule has 5 rings (SSSR count). The van der Waals surface area contributed by atoms with Crippen LogP contribution in [0.4, 0.5) is 0 Å². The van der Waals surface area contributed by atoms with Gasteiger partial charge < -0.3 is 0 Å². The fourth-order valence-electron chi connectivity index (χ4n) is 4.16. The number of hydrogen-bond acceptors (Lipinski definition) is 2. The second-order valence-electron chi connectivity index (χ2n) is 7.45. The van der Waals surface area contributed by atoms with E-state index in [2.05, 4.69) is 0 Å². The number of nitrogens with zero attached hydrogens (tertiary/aromatic N) is 2. The average Bonchev–Trinajstić information content (AvgIpc) is 2.79. The minimum Gasteiger partial charge on any atom is -0.269 e. The lowest BCUT2D eigenvalue weighted by molar-refractivity contribution is 0.957. The van der Waals surface area contributed by atoms with E-state index in [9.17, 15) is 9.59 Å². The molecule has 0 atom stereocenters. The van der Waals surface area contributed by atoms with Gasteiger partial charge in [0.15, 0.2) is 0 Å². The molecule has 0 aliphatic rings. The number of pyridine rings is 1. The Labute approximate surface area is 173 Å². The van der Waals surface area contributed by atoms with Gasteiger partial charge in [0.25, 0.3) is 11.1 Å². The van der Waals surface area contributed by atoms with Crippen LogP contribution < -0.4 is 11.1 Å². The molecule has 30 heavy (non-hydrogen) atoms. The Hall–Kier alpha value is -3.92. The molecule has 4 heteroatoms. The Bertz CT molecular complexity index is 1530. The lowest BCUT2D eigenvalue weighted by atomic mass is 9.98. The second kappa shape index (κ2) is 6.85. The Morgan fingerprint density at radius 3 is 1.93 bits per heavy atom. The first-order valence-electron chi connectivity index (χ1n) is 9.90. The molecule has 0 N–H and O–H groups in total. The molecule has 4 nitrogen and oxygen atoms in total. The Kier molecular flexibility index (Phi) is 4.14. The maximum absolute atomic E-state index is 13.7. The van der Waals surface area contributed by atoms with Gasteiger partial charge in [0, 0.05) is 11.1 Å². The van der Waals surface area contributed by atoms with Gasteiger partial charge in [0.05, 0.1) is 16.6 Å². The molecule has 0 saturated carbocycles.